The molecule has 3 aromatic carbocycles. The Kier molecular flexibility index (Phi) is 5.80. The van der Waals surface area contributed by atoms with Crippen LogP contribution < -0.4 is 10.2 Å². The van der Waals surface area contributed by atoms with Gasteiger partial charge in [-0.3, -0.25) is 24.3 Å². The molecule has 8 nitrogen and oxygen atoms in total. The van der Waals surface area contributed by atoms with E-state index in [1.54, 1.807) is 36.4 Å². The molecule has 0 radical (unpaired) electrons. The molecule has 3 N–H and O–H groups in total. The van der Waals surface area contributed by atoms with Gasteiger partial charge in [0.05, 0.1) is 5.69 Å². The van der Waals surface area contributed by atoms with Crippen LogP contribution in [0.15, 0.2) is 77.8 Å². The van der Waals surface area contributed by atoms with E-state index in [4.69, 9.17) is 11.6 Å². The van der Waals surface area contributed by atoms with Crippen molar-refractivity contribution in [2.75, 3.05) is 11.4 Å². The standard InChI is InChI=1S/C26H19ClN4O4/c27-17-9-10-20-16(11-17)12-21(29-20)25(34)30-24-26(35)31(14-23(32)33)22-8-4-7-18(19(22)13-28-24)15-5-2-1-3-6-15/h1-13,24,29H,14H2,(H,30,34)(H,32,33). The van der Waals surface area contributed by atoms with Gasteiger partial charge >= 0.3 is 5.97 Å². The molecule has 0 saturated carbocycles. The summed E-state index contributed by atoms with van der Waals surface area (Å²) in [5, 5.41) is 13.4. The second-order valence-electron chi connectivity index (χ2n) is 7.99. The predicted molar refractivity (Wildman–Crippen MR) is 134 cm³/mol. The van der Waals surface area contributed by atoms with Gasteiger partial charge in [-0.05, 0) is 41.5 Å². The Morgan fingerprint density at radius 3 is 2.63 bits per heavy atom. The summed E-state index contributed by atoms with van der Waals surface area (Å²) in [5.74, 6) is -2.40. The maximum atomic E-state index is 13.4. The zero-order valence-corrected chi connectivity index (χ0v) is 19.0. The van der Waals surface area contributed by atoms with Crippen LogP contribution in [0.1, 0.15) is 16.1 Å². The van der Waals surface area contributed by atoms with E-state index in [1.807, 2.05) is 36.4 Å². The van der Waals surface area contributed by atoms with Crippen molar-refractivity contribution in [3.8, 4) is 11.1 Å². The van der Waals surface area contributed by atoms with E-state index in [-0.39, 0.29) is 5.69 Å². The molecular formula is C26H19ClN4O4. The molecule has 2 amide bonds. The number of halogens is 1. The Morgan fingerprint density at radius 2 is 1.86 bits per heavy atom. The van der Waals surface area contributed by atoms with E-state index in [2.05, 4.69) is 15.3 Å². The van der Waals surface area contributed by atoms with Crippen LogP contribution in [0.25, 0.3) is 22.0 Å². The predicted octanol–water partition coefficient (Wildman–Crippen LogP) is 4.09. The number of amides is 2. The number of nitrogens with one attached hydrogen (secondary N) is 2. The highest BCUT2D eigenvalue weighted by molar-refractivity contribution is 6.31. The number of hydrogen-bond acceptors (Lipinski definition) is 4. The number of aliphatic imine (C=N–C) groups is 1. The molecule has 0 fully saturated rings. The number of anilines is 1. The lowest BCUT2D eigenvalue weighted by Gasteiger charge is -2.24. The summed E-state index contributed by atoms with van der Waals surface area (Å²) in [7, 11) is 0. The molecule has 1 aliphatic heterocycles. The van der Waals surface area contributed by atoms with Gasteiger partial charge in [0.25, 0.3) is 11.8 Å². The highest BCUT2D eigenvalue weighted by Gasteiger charge is 2.32. The van der Waals surface area contributed by atoms with Gasteiger partial charge in [-0.1, -0.05) is 54.1 Å². The van der Waals surface area contributed by atoms with E-state index >= 15 is 0 Å². The topological polar surface area (TPSA) is 115 Å². The lowest BCUT2D eigenvalue weighted by molar-refractivity contribution is -0.136. The third-order valence-corrected chi connectivity index (χ3v) is 5.94. The van der Waals surface area contributed by atoms with Crippen LogP contribution in [0.4, 0.5) is 5.69 Å². The van der Waals surface area contributed by atoms with Gasteiger partial charge in [-0.25, -0.2) is 0 Å². The minimum atomic E-state index is -1.31. The number of carbonyl (C=O) groups excluding carboxylic acids is 2. The van der Waals surface area contributed by atoms with Gasteiger partial charge in [0, 0.05) is 27.7 Å². The lowest BCUT2D eigenvalue weighted by atomic mass is 9.98. The third-order valence-electron chi connectivity index (χ3n) is 5.70. The van der Waals surface area contributed by atoms with Gasteiger partial charge in [-0.2, -0.15) is 0 Å². The summed E-state index contributed by atoms with van der Waals surface area (Å²) in [6, 6.07) is 21.6. The Balaban J connectivity index is 1.52. The molecular weight excluding hydrogens is 468 g/mol. The van der Waals surface area contributed by atoms with Crippen LogP contribution in [0.5, 0.6) is 0 Å². The Labute approximate surface area is 204 Å². The largest absolute Gasteiger partial charge is 0.480 e. The van der Waals surface area contributed by atoms with Crippen molar-refractivity contribution < 1.29 is 19.5 Å². The molecule has 0 aliphatic carbocycles. The zero-order chi connectivity index (χ0) is 24.5. The number of carboxylic acids is 1. The molecule has 0 bridgehead atoms. The molecule has 35 heavy (non-hydrogen) atoms. The van der Waals surface area contributed by atoms with Crippen molar-refractivity contribution in [2.24, 2.45) is 4.99 Å². The fourth-order valence-corrected chi connectivity index (χ4v) is 4.28. The van der Waals surface area contributed by atoms with Crippen molar-refractivity contribution in [2.45, 2.75) is 6.17 Å². The molecule has 1 aliphatic rings. The van der Waals surface area contributed by atoms with Gasteiger partial charge in [0.2, 0.25) is 6.17 Å². The number of carbonyl (C=O) groups is 3. The molecule has 1 unspecified atom stereocenters. The SMILES string of the molecule is O=C(O)CN1C(=O)C(NC(=O)c2cc3cc(Cl)ccc3[nH]2)N=Cc2c(-c3ccccc3)cccc21. The molecule has 0 spiro atoms. The van der Waals surface area contributed by atoms with E-state index in [1.165, 1.54) is 6.21 Å². The number of aromatic nitrogens is 1. The number of H-pyrrole nitrogens is 1. The van der Waals surface area contributed by atoms with E-state index in [0.29, 0.717) is 21.8 Å². The van der Waals surface area contributed by atoms with Gasteiger partial charge in [0.15, 0.2) is 0 Å². The van der Waals surface area contributed by atoms with Crippen LogP contribution in [0.2, 0.25) is 5.02 Å². The molecule has 1 atom stereocenters. The molecule has 4 aromatic rings. The fraction of sp³-hybridized carbons (Fsp3) is 0.0769. The summed E-state index contributed by atoms with van der Waals surface area (Å²) in [4.78, 5) is 46.5. The van der Waals surface area contributed by atoms with Gasteiger partial charge in [0.1, 0.15) is 12.2 Å². The lowest BCUT2D eigenvalue weighted by Crippen LogP contribution is -2.48. The number of aromatic amines is 1. The molecule has 2 heterocycles. The van der Waals surface area contributed by atoms with Crippen LogP contribution in [-0.4, -0.2) is 46.8 Å². The quantitative estimate of drug-likeness (QED) is 0.394. The number of nitrogens with zero attached hydrogens (tertiary/aromatic N) is 2. The Morgan fingerprint density at radius 1 is 1.06 bits per heavy atom. The van der Waals surface area contributed by atoms with Gasteiger partial charge < -0.3 is 15.4 Å². The number of benzodiazepines with no additional fused rings is 1. The average Bonchev–Trinajstić information content (AvgIpc) is 3.23. The zero-order valence-electron chi connectivity index (χ0n) is 18.2. The minimum absolute atomic E-state index is 0.224. The smallest absolute Gasteiger partial charge is 0.323 e. The Hall–Kier alpha value is -4.43. The maximum Gasteiger partial charge on any atom is 0.323 e. The highest BCUT2D eigenvalue weighted by atomic mass is 35.5. The number of fused-ring (bicyclic) bond motifs is 2. The molecule has 1 aromatic heterocycles. The molecule has 174 valence electrons. The summed E-state index contributed by atoms with van der Waals surface area (Å²) in [5.41, 5.74) is 3.60. The normalized spacial score (nSPS) is 15.1. The first kappa shape index (κ1) is 22.4. The van der Waals surface area contributed by atoms with Crippen molar-refractivity contribution in [3.05, 3.63) is 89.1 Å². The first-order chi connectivity index (χ1) is 16.9. The average molecular weight is 487 g/mol. The first-order valence-corrected chi connectivity index (χ1v) is 11.1. The number of benzene rings is 3. The first-order valence-electron chi connectivity index (χ1n) is 10.7. The number of hydrogen-bond donors (Lipinski definition) is 3. The van der Waals surface area contributed by atoms with Crippen LogP contribution in [0, 0.1) is 0 Å². The molecule has 5 rings (SSSR count). The third kappa shape index (κ3) is 4.39. The van der Waals surface area contributed by atoms with Crippen molar-refractivity contribution in [1.82, 2.24) is 10.3 Å². The molecule has 0 saturated heterocycles. The van der Waals surface area contributed by atoms with Crippen molar-refractivity contribution >= 4 is 52.2 Å². The minimum Gasteiger partial charge on any atom is -0.480 e. The number of rotatable bonds is 5. The number of carboxylic acid groups (broad SMARTS) is 1. The Bertz CT molecular complexity index is 1500. The molecule has 9 heteroatoms. The number of aliphatic carboxylic acids is 1. The summed E-state index contributed by atoms with van der Waals surface area (Å²) in [6.45, 7) is -0.579. The van der Waals surface area contributed by atoms with Crippen LogP contribution >= 0.6 is 11.6 Å². The summed E-state index contributed by atoms with van der Waals surface area (Å²) in [6.07, 6.45) is 0.195. The summed E-state index contributed by atoms with van der Waals surface area (Å²) >= 11 is 6.03. The second-order valence-corrected chi connectivity index (χ2v) is 8.43. The van der Waals surface area contributed by atoms with Gasteiger partial charge in [-0.15, -0.1) is 0 Å². The van der Waals surface area contributed by atoms with Crippen LogP contribution in [0.3, 0.4) is 0 Å². The maximum absolute atomic E-state index is 13.4. The van der Waals surface area contributed by atoms with Crippen molar-refractivity contribution in [1.29, 1.82) is 0 Å². The van der Waals surface area contributed by atoms with E-state index in [9.17, 15) is 19.5 Å². The monoisotopic (exact) mass is 486 g/mol. The summed E-state index contributed by atoms with van der Waals surface area (Å²) < 4.78 is 0. The second kappa shape index (κ2) is 9.08. The van der Waals surface area contributed by atoms with E-state index in [0.717, 1.165) is 21.4 Å². The highest BCUT2D eigenvalue weighted by Crippen LogP contribution is 2.32. The van der Waals surface area contributed by atoms with Crippen molar-refractivity contribution in [3.63, 3.8) is 0 Å². The van der Waals surface area contributed by atoms with E-state index < -0.39 is 30.5 Å². The van der Waals surface area contributed by atoms with Crippen LogP contribution in [-0.2, 0) is 9.59 Å². The fourth-order valence-electron chi connectivity index (χ4n) is 4.10.